The highest BCUT2D eigenvalue weighted by Gasteiger charge is 2.11. The number of methoxy groups -OCH3 is 1. The number of furan rings is 1. The lowest BCUT2D eigenvalue weighted by Crippen LogP contribution is -2.39. The smallest absolute Gasteiger partial charge is 0.287 e. The number of guanidine groups is 1. The molecule has 0 radical (unpaired) electrons. The normalized spacial score (nSPS) is 10.8. The van der Waals surface area contributed by atoms with Crippen molar-refractivity contribution < 1.29 is 13.9 Å². The summed E-state index contributed by atoms with van der Waals surface area (Å²) in [7, 11) is 3.43. The monoisotopic (exact) mass is 514 g/mol. The number of hydrogen-bond donors (Lipinski definition) is 3. The molecule has 0 atom stereocenters. The Balaban J connectivity index is 0.00000420. The Labute approximate surface area is 189 Å². The second kappa shape index (κ2) is 13.1. The van der Waals surface area contributed by atoms with Crippen molar-refractivity contribution in [1.29, 1.82) is 0 Å². The molecule has 0 spiro atoms. The van der Waals surface area contributed by atoms with Crippen molar-refractivity contribution in [2.45, 2.75) is 26.7 Å². The van der Waals surface area contributed by atoms with Gasteiger partial charge in [-0.3, -0.25) is 9.79 Å². The average Bonchev–Trinajstić information content (AvgIpc) is 3.13. The fourth-order valence-electron chi connectivity index (χ4n) is 2.75. The number of nitrogens with one attached hydrogen (secondary N) is 3. The van der Waals surface area contributed by atoms with E-state index < -0.39 is 0 Å². The van der Waals surface area contributed by atoms with Crippen molar-refractivity contribution >= 4 is 35.8 Å². The molecule has 2 rings (SSSR count). The fourth-order valence-corrected chi connectivity index (χ4v) is 2.75. The summed E-state index contributed by atoms with van der Waals surface area (Å²) in [5.74, 6) is 1.84. The Morgan fingerprint density at radius 2 is 1.79 bits per heavy atom. The molecule has 0 saturated carbocycles. The SMILES string of the molecule is CN=C(NCCCNC(=O)c1occc1C)NCCc1ccc(C)c(OC)c1.I. The van der Waals surface area contributed by atoms with Gasteiger partial charge in [0.2, 0.25) is 0 Å². The summed E-state index contributed by atoms with van der Waals surface area (Å²) >= 11 is 0. The second-order valence-corrected chi connectivity index (χ2v) is 6.52. The summed E-state index contributed by atoms with van der Waals surface area (Å²) in [5, 5.41) is 9.39. The Hall–Kier alpha value is -2.23. The molecule has 0 aliphatic carbocycles. The third-order valence-electron chi connectivity index (χ3n) is 4.40. The van der Waals surface area contributed by atoms with Gasteiger partial charge < -0.3 is 25.1 Å². The first kappa shape index (κ1) is 24.8. The third kappa shape index (κ3) is 7.96. The van der Waals surface area contributed by atoms with E-state index in [4.69, 9.17) is 9.15 Å². The van der Waals surface area contributed by atoms with Crippen LogP contribution in [0.3, 0.4) is 0 Å². The Morgan fingerprint density at radius 3 is 2.45 bits per heavy atom. The minimum Gasteiger partial charge on any atom is -0.496 e. The van der Waals surface area contributed by atoms with Crippen LogP contribution in [-0.4, -0.2) is 45.7 Å². The molecule has 1 amide bonds. The maximum absolute atomic E-state index is 12.0. The van der Waals surface area contributed by atoms with Crippen LogP contribution in [0.5, 0.6) is 5.75 Å². The topological polar surface area (TPSA) is 87.9 Å². The van der Waals surface area contributed by atoms with Crippen LogP contribution in [-0.2, 0) is 6.42 Å². The van der Waals surface area contributed by atoms with Gasteiger partial charge in [0.15, 0.2) is 11.7 Å². The number of aryl methyl sites for hydroxylation is 2. The Bertz CT molecular complexity index is 805. The van der Waals surface area contributed by atoms with Gasteiger partial charge in [0.05, 0.1) is 13.4 Å². The highest BCUT2D eigenvalue weighted by atomic mass is 127. The van der Waals surface area contributed by atoms with E-state index in [1.54, 1.807) is 20.2 Å². The number of nitrogens with zero attached hydrogens (tertiary/aromatic N) is 1. The molecular weight excluding hydrogens is 483 g/mol. The molecule has 1 aromatic heterocycles. The molecule has 1 heterocycles. The third-order valence-corrected chi connectivity index (χ3v) is 4.40. The standard InChI is InChI=1S/C21H30N4O3.HI/c1-15-6-7-17(14-18(15)27-4)8-12-25-21(22-3)24-11-5-10-23-20(26)19-16(2)9-13-28-19;/h6-7,9,13-14H,5,8,10-12H2,1-4H3,(H,23,26)(H2,22,24,25);1H. The van der Waals surface area contributed by atoms with Crippen LogP contribution in [0.2, 0.25) is 0 Å². The van der Waals surface area contributed by atoms with E-state index >= 15 is 0 Å². The molecule has 0 aliphatic heterocycles. The number of hydrogen-bond acceptors (Lipinski definition) is 4. The highest BCUT2D eigenvalue weighted by molar-refractivity contribution is 14.0. The van der Waals surface area contributed by atoms with Crippen LogP contribution in [0.15, 0.2) is 39.9 Å². The molecule has 3 N–H and O–H groups in total. The molecule has 160 valence electrons. The molecule has 0 saturated heterocycles. The highest BCUT2D eigenvalue weighted by Crippen LogP contribution is 2.18. The van der Waals surface area contributed by atoms with E-state index in [1.807, 2.05) is 13.8 Å². The van der Waals surface area contributed by atoms with Gasteiger partial charge in [0.25, 0.3) is 5.91 Å². The average molecular weight is 514 g/mol. The molecule has 0 unspecified atom stereocenters. The lowest BCUT2D eigenvalue weighted by atomic mass is 10.1. The number of aliphatic imine (C=N–C) groups is 1. The maximum Gasteiger partial charge on any atom is 0.287 e. The number of benzene rings is 1. The predicted octanol–water partition coefficient (Wildman–Crippen LogP) is 3.05. The van der Waals surface area contributed by atoms with Crippen LogP contribution in [0, 0.1) is 13.8 Å². The van der Waals surface area contributed by atoms with Crippen LogP contribution in [0.1, 0.15) is 33.7 Å². The quantitative estimate of drug-likeness (QED) is 0.207. The molecule has 1 aromatic carbocycles. The van der Waals surface area contributed by atoms with E-state index in [1.165, 1.54) is 11.8 Å². The van der Waals surface area contributed by atoms with Crippen LogP contribution in [0.25, 0.3) is 0 Å². The Morgan fingerprint density at radius 1 is 1.07 bits per heavy atom. The molecule has 2 aromatic rings. The van der Waals surface area contributed by atoms with E-state index in [9.17, 15) is 4.79 Å². The van der Waals surface area contributed by atoms with Gasteiger partial charge in [-0.25, -0.2) is 0 Å². The van der Waals surface area contributed by atoms with Crippen molar-refractivity contribution in [3.05, 3.63) is 53.0 Å². The molecule has 0 fully saturated rings. The second-order valence-electron chi connectivity index (χ2n) is 6.52. The zero-order valence-electron chi connectivity index (χ0n) is 17.5. The minimum atomic E-state index is -0.182. The summed E-state index contributed by atoms with van der Waals surface area (Å²) in [5.41, 5.74) is 3.18. The van der Waals surface area contributed by atoms with E-state index in [-0.39, 0.29) is 29.9 Å². The van der Waals surface area contributed by atoms with Crippen molar-refractivity contribution in [1.82, 2.24) is 16.0 Å². The van der Waals surface area contributed by atoms with Gasteiger partial charge in [0.1, 0.15) is 5.75 Å². The first-order chi connectivity index (χ1) is 13.5. The van der Waals surface area contributed by atoms with Gasteiger partial charge in [0, 0.05) is 32.2 Å². The minimum absolute atomic E-state index is 0. The van der Waals surface area contributed by atoms with E-state index in [0.717, 1.165) is 42.2 Å². The van der Waals surface area contributed by atoms with Gasteiger partial charge >= 0.3 is 0 Å². The first-order valence-electron chi connectivity index (χ1n) is 9.45. The van der Waals surface area contributed by atoms with Gasteiger partial charge in [-0.2, -0.15) is 0 Å². The number of carbonyl (C=O) groups excluding carboxylic acids is 1. The van der Waals surface area contributed by atoms with Crippen molar-refractivity contribution in [2.24, 2.45) is 4.99 Å². The first-order valence-corrected chi connectivity index (χ1v) is 9.45. The molecule has 29 heavy (non-hydrogen) atoms. The zero-order valence-corrected chi connectivity index (χ0v) is 19.8. The molecular formula is C21H31IN4O3. The summed E-state index contributed by atoms with van der Waals surface area (Å²) in [6, 6.07) is 8.02. The lowest BCUT2D eigenvalue weighted by molar-refractivity contribution is 0.0925. The molecule has 8 heteroatoms. The van der Waals surface area contributed by atoms with Gasteiger partial charge in [-0.15, -0.1) is 24.0 Å². The maximum atomic E-state index is 12.0. The fraction of sp³-hybridized carbons (Fsp3) is 0.429. The van der Waals surface area contributed by atoms with E-state index in [2.05, 4.69) is 39.1 Å². The number of amides is 1. The van der Waals surface area contributed by atoms with Crippen LogP contribution < -0.4 is 20.7 Å². The number of carbonyl (C=O) groups is 1. The van der Waals surface area contributed by atoms with Crippen molar-refractivity contribution in [3.8, 4) is 5.75 Å². The molecule has 0 bridgehead atoms. The summed E-state index contributed by atoms with van der Waals surface area (Å²) in [6.45, 7) is 5.91. The van der Waals surface area contributed by atoms with Crippen molar-refractivity contribution in [3.63, 3.8) is 0 Å². The predicted molar refractivity (Wildman–Crippen MR) is 127 cm³/mol. The van der Waals surface area contributed by atoms with Crippen molar-refractivity contribution in [2.75, 3.05) is 33.8 Å². The number of halogens is 1. The Kier molecular flexibility index (Phi) is 11.2. The lowest BCUT2D eigenvalue weighted by Gasteiger charge is -2.13. The number of ether oxygens (including phenoxy) is 1. The molecule has 0 aliphatic rings. The zero-order chi connectivity index (χ0) is 20.4. The van der Waals surface area contributed by atoms with Crippen LogP contribution >= 0.6 is 24.0 Å². The molecule has 7 nitrogen and oxygen atoms in total. The summed E-state index contributed by atoms with van der Waals surface area (Å²) < 4.78 is 10.5. The van der Waals surface area contributed by atoms with Gasteiger partial charge in [-0.05, 0) is 49.9 Å². The van der Waals surface area contributed by atoms with Crippen LogP contribution in [0.4, 0.5) is 0 Å². The summed E-state index contributed by atoms with van der Waals surface area (Å²) in [4.78, 5) is 16.2. The summed E-state index contributed by atoms with van der Waals surface area (Å²) in [6.07, 6.45) is 3.17. The number of rotatable bonds is 9. The van der Waals surface area contributed by atoms with E-state index in [0.29, 0.717) is 18.8 Å². The van der Waals surface area contributed by atoms with Gasteiger partial charge in [-0.1, -0.05) is 12.1 Å². The largest absolute Gasteiger partial charge is 0.496 e.